The molecule has 1 aromatic carbocycles. The quantitative estimate of drug-likeness (QED) is 0.899. The van der Waals surface area contributed by atoms with Crippen molar-refractivity contribution in [3.8, 4) is 0 Å². The third-order valence-electron chi connectivity index (χ3n) is 4.93. The van der Waals surface area contributed by atoms with Crippen molar-refractivity contribution in [3.63, 3.8) is 0 Å². The number of sulfonamides is 1. The van der Waals surface area contributed by atoms with Gasteiger partial charge < -0.3 is 5.32 Å². The monoisotopic (exact) mass is 362 g/mol. The standard InChI is InChI=1S/C16H23FN2O2S.ClH/c1-12-4-5-14(17)11-16(12)22(20,21)19-9-6-13(7-10-19)15-3-2-8-18-15;/h4-5,11,13,15,18H,2-3,6-10H2,1H3;1H. The summed E-state index contributed by atoms with van der Waals surface area (Å²) in [5, 5.41) is 3.51. The molecule has 4 nitrogen and oxygen atoms in total. The van der Waals surface area contributed by atoms with Gasteiger partial charge in [-0.1, -0.05) is 6.07 Å². The molecule has 2 aliphatic rings. The topological polar surface area (TPSA) is 49.4 Å². The maximum Gasteiger partial charge on any atom is 0.243 e. The van der Waals surface area contributed by atoms with Crippen molar-refractivity contribution in [1.29, 1.82) is 0 Å². The highest BCUT2D eigenvalue weighted by Gasteiger charge is 2.34. The molecule has 1 atom stereocenters. The van der Waals surface area contributed by atoms with Crippen LogP contribution < -0.4 is 5.32 Å². The van der Waals surface area contributed by atoms with Gasteiger partial charge in [0.15, 0.2) is 0 Å². The van der Waals surface area contributed by atoms with Crippen LogP contribution in [0.15, 0.2) is 23.1 Å². The summed E-state index contributed by atoms with van der Waals surface area (Å²) in [5.41, 5.74) is 0.598. The van der Waals surface area contributed by atoms with E-state index in [0.29, 0.717) is 30.6 Å². The molecule has 2 aliphatic heterocycles. The van der Waals surface area contributed by atoms with E-state index in [0.717, 1.165) is 25.5 Å². The van der Waals surface area contributed by atoms with Crippen molar-refractivity contribution in [3.05, 3.63) is 29.6 Å². The lowest BCUT2D eigenvalue weighted by atomic mass is 9.89. The van der Waals surface area contributed by atoms with Gasteiger partial charge in [0.25, 0.3) is 0 Å². The summed E-state index contributed by atoms with van der Waals surface area (Å²) in [6.45, 7) is 3.84. The number of nitrogens with one attached hydrogen (secondary N) is 1. The molecule has 1 aromatic rings. The molecule has 0 aromatic heterocycles. The number of nitrogens with zero attached hydrogens (tertiary/aromatic N) is 1. The number of aryl methyl sites for hydroxylation is 1. The lowest BCUT2D eigenvalue weighted by molar-refractivity contribution is 0.234. The molecule has 0 radical (unpaired) electrons. The van der Waals surface area contributed by atoms with Gasteiger partial charge in [-0.05, 0) is 62.8 Å². The molecule has 0 saturated carbocycles. The minimum atomic E-state index is -3.59. The van der Waals surface area contributed by atoms with Crippen molar-refractivity contribution in [2.75, 3.05) is 19.6 Å². The highest BCUT2D eigenvalue weighted by molar-refractivity contribution is 7.89. The van der Waals surface area contributed by atoms with E-state index in [9.17, 15) is 12.8 Å². The van der Waals surface area contributed by atoms with Gasteiger partial charge in [0.05, 0.1) is 4.90 Å². The van der Waals surface area contributed by atoms with Gasteiger partial charge in [-0.15, -0.1) is 12.4 Å². The Morgan fingerprint density at radius 3 is 2.52 bits per heavy atom. The Morgan fingerprint density at radius 2 is 1.91 bits per heavy atom. The van der Waals surface area contributed by atoms with Crippen LogP contribution in [0.25, 0.3) is 0 Å². The molecular weight excluding hydrogens is 339 g/mol. The molecule has 0 spiro atoms. The SMILES string of the molecule is Cc1ccc(F)cc1S(=O)(=O)N1CCC(C2CCCN2)CC1.Cl. The van der Waals surface area contributed by atoms with Crippen molar-refractivity contribution >= 4 is 22.4 Å². The van der Waals surface area contributed by atoms with Crippen molar-refractivity contribution < 1.29 is 12.8 Å². The highest BCUT2D eigenvalue weighted by atomic mass is 35.5. The zero-order chi connectivity index (χ0) is 15.7. The van der Waals surface area contributed by atoms with E-state index < -0.39 is 15.8 Å². The average Bonchev–Trinajstić information content (AvgIpc) is 3.04. The summed E-state index contributed by atoms with van der Waals surface area (Å²) in [6.07, 6.45) is 4.17. The molecule has 7 heteroatoms. The number of rotatable bonds is 3. The zero-order valence-corrected chi connectivity index (χ0v) is 14.9. The second-order valence-electron chi connectivity index (χ2n) is 6.35. The van der Waals surface area contributed by atoms with E-state index in [-0.39, 0.29) is 17.3 Å². The summed E-state index contributed by atoms with van der Waals surface area (Å²) in [4.78, 5) is 0.102. The Morgan fingerprint density at radius 1 is 1.22 bits per heavy atom. The number of hydrogen-bond acceptors (Lipinski definition) is 3. The lowest BCUT2D eigenvalue weighted by Gasteiger charge is -2.34. The Bertz CT molecular complexity index is 639. The van der Waals surface area contributed by atoms with Gasteiger partial charge in [0.2, 0.25) is 10.0 Å². The fraction of sp³-hybridized carbons (Fsp3) is 0.625. The molecule has 0 bridgehead atoms. The molecule has 0 aliphatic carbocycles. The van der Waals surface area contributed by atoms with E-state index >= 15 is 0 Å². The van der Waals surface area contributed by atoms with Gasteiger partial charge in [-0.2, -0.15) is 4.31 Å². The van der Waals surface area contributed by atoms with E-state index in [1.165, 1.54) is 29.3 Å². The smallest absolute Gasteiger partial charge is 0.243 e. The van der Waals surface area contributed by atoms with Crippen LogP contribution in [0.3, 0.4) is 0 Å². The number of halogens is 2. The lowest BCUT2D eigenvalue weighted by Crippen LogP contribution is -2.43. The Hall–Kier alpha value is -0.690. The van der Waals surface area contributed by atoms with Crippen LogP contribution in [0.1, 0.15) is 31.2 Å². The molecule has 130 valence electrons. The highest BCUT2D eigenvalue weighted by Crippen LogP contribution is 2.29. The van der Waals surface area contributed by atoms with Crippen LogP contribution in [-0.4, -0.2) is 38.4 Å². The first-order valence-corrected chi connectivity index (χ1v) is 9.42. The molecule has 1 N–H and O–H groups in total. The van der Waals surface area contributed by atoms with Crippen LogP contribution in [0.2, 0.25) is 0 Å². The first kappa shape index (κ1) is 18.6. The van der Waals surface area contributed by atoms with E-state index in [1.54, 1.807) is 6.92 Å². The average molecular weight is 363 g/mol. The minimum Gasteiger partial charge on any atom is -0.314 e. The summed E-state index contributed by atoms with van der Waals surface area (Å²) >= 11 is 0. The van der Waals surface area contributed by atoms with Crippen molar-refractivity contribution in [2.24, 2.45) is 5.92 Å². The Kier molecular flexibility index (Phi) is 6.05. The van der Waals surface area contributed by atoms with Gasteiger partial charge in [0, 0.05) is 19.1 Å². The van der Waals surface area contributed by atoms with Crippen LogP contribution in [0.5, 0.6) is 0 Å². The fourth-order valence-corrected chi connectivity index (χ4v) is 5.33. The Balaban J connectivity index is 0.00000192. The molecule has 0 amide bonds. The summed E-state index contributed by atoms with van der Waals surface area (Å²) in [7, 11) is -3.59. The molecule has 1 unspecified atom stereocenters. The predicted molar refractivity (Wildman–Crippen MR) is 90.9 cm³/mol. The van der Waals surface area contributed by atoms with E-state index in [2.05, 4.69) is 5.32 Å². The summed E-state index contributed by atoms with van der Waals surface area (Å²) in [5.74, 6) is 0.0526. The normalized spacial score (nSPS) is 23.7. The maximum atomic E-state index is 13.4. The number of benzene rings is 1. The summed E-state index contributed by atoms with van der Waals surface area (Å²) < 4.78 is 40.4. The van der Waals surface area contributed by atoms with Gasteiger partial charge >= 0.3 is 0 Å². The van der Waals surface area contributed by atoms with Crippen LogP contribution in [0, 0.1) is 18.7 Å². The van der Waals surface area contributed by atoms with Crippen LogP contribution in [-0.2, 0) is 10.0 Å². The van der Waals surface area contributed by atoms with Crippen molar-refractivity contribution in [2.45, 2.75) is 43.5 Å². The first-order chi connectivity index (χ1) is 10.5. The Labute approximate surface area is 143 Å². The second kappa shape index (κ2) is 7.47. The van der Waals surface area contributed by atoms with Gasteiger partial charge in [-0.25, -0.2) is 12.8 Å². The molecule has 23 heavy (non-hydrogen) atoms. The molecule has 2 heterocycles. The van der Waals surface area contributed by atoms with Crippen LogP contribution >= 0.6 is 12.4 Å². The molecule has 2 saturated heterocycles. The van der Waals surface area contributed by atoms with E-state index in [4.69, 9.17) is 0 Å². The maximum absolute atomic E-state index is 13.4. The first-order valence-electron chi connectivity index (χ1n) is 7.98. The van der Waals surface area contributed by atoms with E-state index in [1.807, 2.05) is 0 Å². The van der Waals surface area contributed by atoms with Crippen LogP contribution in [0.4, 0.5) is 4.39 Å². The number of hydrogen-bond donors (Lipinski definition) is 1. The third kappa shape index (κ3) is 3.87. The van der Waals surface area contributed by atoms with Gasteiger partial charge in [0.1, 0.15) is 5.82 Å². The molecule has 2 fully saturated rings. The largest absolute Gasteiger partial charge is 0.314 e. The van der Waals surface area contributed by atoms with Gasteiger partial charge in [-0.3, -0.25) is 0 Å². The fourth-order valence-electron chi connectivity index (χ4n) is 3.62. The van der Waals surface area contributed by atoms with Crippen molar-refractivity contribution in [1.82, 2.24) is 9.62 Å². The number of piperidine rings is 1. The molecule has 3 rings (SSSR count). The second-order valence-corrected chi connectivity index (χ2v) is 8.26. The summed E-state index contributed by atoms with van der Waals surface area (Å²) in [6, 6.07) is 4.50. The molecular formula is C16H24ClFN2O2S. The minimum absolute atomic E-state index is 0. The zero-order valence-electron chi connectivity index (χ0n) is 13.3. The predicted octanol–water partition coefficient (Wildman–Crippen LogP) is 2.71. The third-order valence-corrected chi connectivity index (χ3v) is 6.97.